The fourth-order valence-electron chi connectivity index (χ4n) is 1.86. The van der Waals surface area contributed by atoms with Crippen LogP contribution in [0.5, 0.6) is 5.75 Å². The lowest BCUT2D eigenvalue weighted by molar-refractivity contribution is -0.131. The first-order valence-corrected chi connectivity index (χ1v) is 8.18. The van der Waals surface area contributed by atoms with E-state index in [9.17, 15) is 4.79 Å². The highest BCUT2D eigenvalue weighted by Gasteiger charge is 2.09. The summed E-state index contributed by atoms with van der Waals surface area (Å²) in [5, 5.41) is 3.22. The summed E-state index contributed by atoms with van der Waals surface area (Å²) in [6.45, 7) is 5.27. The lowest BCUT2D eigenvalue weighted by Gasteiger charge is -2.18. The van der Waals surface area contributed by atoms with E-state index in [-0.39, 0.29) is 18.6 Å². The van der Waals surface area contributed by atoms with Gasteiger partial charge < -0.3 is 19.5 Å². The molecule has 1 aromatic carbocycles. The molecule has 0 aliphatic heterocycles. The number of thiocarbonyl (C=S) groups is 1. The molecule has 1 rings (SSSR count). The maximum atomic E-state index is 11.9. The van der Waals surface area contributed by atoms with Crippen LogP contribution in [0.2, 0.25) is 0 Å². The molecule has 0 bridgehead atoms. The number of hydrogen-bond acceptors (Lipinski definition) is 5. The average Bonchev–Trinajstić information content (AvgIpc) is 2.59. The lowest BCUT2D eigenvalue weighted by atomic mass is 10.1. The third-order valence-electron chi connectivity index (χ3n) is 2.97. The smallest absolute Gasteiger partial charge is 0.242 e. The van der Waals surface area contributed by atoms with Crippen LogP contribution in [0, 0.1) is 0 Å². The molecule has 0 aromatic heterocycles. The van der Waals surface area contributed by atoms with Crippen molar-refractivity contribution in [1.29, 1.82) is 0 Å². The molecule has 0 spiro atoms. The number of benzene rings is 1. The minimum Gasteiger partial charge on any atom is -0.497 e. The fraction of sp³-hybridized carbons (Fsp3) is 0.500. The van der Waals surface area contributed by atoms with E-state index >= 15 is 0 Å². The van der Waals surface area contributed by atoms with Crippen LogP contribution in [0.15, 0.2) is 24.3 Å². The lowest BCUT2D eigenvalue weighted by Crippen LogP contribution is -2.49. The van der Waals surface area contributed by atoms with Crippen molar-refractivity contribution in [2.24, 2.45) is 0 Å². The van der Waals surface area contributed by atoms with E-state index in [1.807, 2.05) is 38.1 Å². The van der Waals surface area contributed by atoms with Crippen LogP contribution in [-0.2, 0) is 20.7 Å². The fourth-order valence-corrected chi connectivity index (χ4v) is 1.99. The third-order valence-corrected chi connectivity index (χ3v) is 3.22. The summed E-state index contributed by atoms with van der Waals surface area (Å²) in [4.78, 5) is 11.9. The minimum absolute atomic E-state index is 0.199. The molecule has 1 amide bonds. The Hall–Kier alpha value is -1.90. The van der Waals surface area contributed by atoms with Crippen LogP contribution >= 0.6 is 12.2 Å². The highest BCUT2D eigenvalue weighted by Crippen LogP contribution is 2.11. The van der Waals surface area contributed by atoms with Crippen molar-refractivity contribution in [3.05, 3.63) is 29.8 Å². The molecule has 3 N–H and O–H groups in total. The Kier molecular flexibility index (Phi) is 9.74. The first-order chi connectivity index (χ1) is 11.6. The molecule has 24 heavy (non-hydrogen) atoms. The van der Waals surface area contributed by atoms with Crippen LogP contribution in [0.1, 0.15) is 19.4 Å². The Morgan fingerprint density at radius 2 is 1.75 bits per heavy atom. The Labute approximate surface area is 148 Å². The van der Waals surface area contributed by atoms with Gasteiger partial charge in [-0.2, -0.15) is 0 Å². The number of ether oxygens (including phenoxy) is 3. The highest BCUT2D eigenvalue weighted by molar-refractivity contribution is 7.80. The molecule has 0 unspecified atom stereocenters. The molecule has 0 saturated heterocycles. The van der Waals surface area contributed by atoms with Crippen molar-refractivity contribution in [3.63, 3.8) is 0 Å². The summed E-state index contributed by atoms with van der Waals surface area (Å²) in [6, 6.07) is 7.29. The molecule has 0 atom stereocenters. The van der Waals surface area contributed by atoms with Gasteiger partial charge in [0.15, 0.2) is 11.4 Å². The van der Waals surface area contributed by atoms with Gasteiger partial charge in [0.1, 0.15) is 5.75 Å². The number of hydrogen-bond donors (Lipinski definition) is 3. The molecule has 0 fully saturated rings. The van der Waals surface area contributed by atoms with Crippen LogP contribution in [0.4, 0.5) is 0 Å². The molecule has 134 valence electrons. The summed E-state index contributed by atoms with van der Waals surface area (Å²) in [5.74, 6) is 0.552. The topological polar surface area (TPSA) is 80.9 Å². The normalized spacial score (nSPS) is 10.3. The van der Waals surface area contributed by atoms with Gasteiger partial charge in [-0.3, -0.25) is 15.6 Å². The van der Waals surface area contributed by atoms with Gasteiger partial charge in [-0.25, -0.2) is 0 Å². The second-order valence-electron chi connectivity index (χ2n) is 4.75. The number of carbonyl (C=O) groups is 1. The maximum absolute atomic E-state index is 11.9. The molecule has 1 aromatic rings. The van der Waals surface area contributed by atoms with Gasteiger partial charge in [-0.05, 0) is 43.8 Å². The Balaban J connectivity index is 2.28. The number of rotatable bonds is 9. The Morgan fingerprint density at radius 3 is 2.29 bits per heavy atom. The molecule has 8 heteroatoms. The number of hydrazine groups is 1. The number of carbonyl (C=O) groups excluding carboxylic acids is 1. The predicted octanol–water partition coefficient (Wildman–Crippen LogP) is 1.13. The SMILES string of the molecule is CCOC(CNC(=S)NNC(=O)Cc1ccc(OC)cc1)OCC. The highest BCUT2D eigenvalue weighted by atomic mass is 32.1. The second kappa shape index (κ2) is 11.6. The van der Waals surface area contributed by atoms with E-state index in [1.54, 1.807) is 7.11 Å². The van der Waals surface area contributed by atoms with Gasteiger partial charge in [0.2, 0.25) is 5.91 Å². The molecule has 0 radical (unpaired) electrons. The average molecular weight is 355 g/mol. The van der Waals surface area contributed by atoms with Crippen LogP contribution < -0.4 is 20.9 Å². The van der Waals surface area contributed by atoms with E-state index < -0.39 is 0 Å². The van der Waals surface area contributed by atoms with Crippen molar-refractivity contribution in [1.82, 2.24) is 16.2 Å². The van der Waals surface area contributed by atoms with Crippen LogP contribution in [0.3, 0.4) is 0 Å². The number of amides is 1. The van der Waals surface area contributed by atoms with E-state index in [0.29, 0.717) is 24.9 Å². The Morgan fingerprint density at radius 1 is 1.12 bits per heavy atom. The van der Waals surface area contributed by atoms with E-state index in [2.05, 4.69) is 16.2 Å². The molecule has 0 aliphatic carbocycles. The first kappa shape index (κ1) is 20.1. The van der Waals surface area contributed by atoms with Crippen LogP contribution in [0.25, 0.3) is 0 Å². The van der Waals surface area contributed by atoms with Crippen molar-refractivity contribution < 1.29 is 19.0 Å². The van der Waals surface area contributed by atoms with Gasteiger partial charge in [0.25, 0.3) is 0 Å². The molecule has 0 aliphatic rings. The molecule has 0 saturated carbocycles. The van der Waals surface area contributed by atoms with E-state index in [1.165, 1.54) is 0 Å². The predicted molar refractivity (Wildman–Crippen MR) is 95.6 cm³/mol. The van der Waals surface area contributed by atoms with Gasteiger partial charge >= 0.3 is 0 Å². The second-order valence-corrected chi connectivity index (χ2v) is 5.16. The first-order valence-electron chi connectivity index (χ1n) is 7.77. The standard InChI is InChI=1S/C16H25N3O4S/c1-4-22-15(23-5-2)11-17-16(24)19-18-14(20)10-12-6-8-13(21-3)9-7-12/h6-9,15H,4-5,10-11H2,1-3H3,(H,18,20)(H2,17,19,24). The molecular weight excluding hydrogens is 330 g/mol. The number of nitrogens with one attached hydrogen (secondary N) is 3. The van der Waals surface area contributed by atoms with Gasteiger partial charge in [-0.15, -0.1) is 0 Å². The molecule has 7 nitrogen and oxygen atoms in total. The molecule has 0 heterocycles. The van der Waals surface area contributed by atoms with Crippen molar-refractivity contribution in [2.75, 3.05) is 26.9 Å². The summed E-state index contributed by atoms with van der Waals surface area (Å²) in [6.07, 6.45) is -0.144. The zero-order chi connectivity index (χ0) is 17.8. The van der Waals surface area contributed by atoms with Crippen molar-refractivity contribution >= 4 is 23.2 Å². The van der Waals surface area contributed by atoms with E-state index in [0.717, 1.165) is 11.3 Å². The van der Waals surface area contributed by atoms with Gasteiger partial charge in [0, 0.05) is 13.2 Å². The zero-order valence-corrected chi connectivity index (χ0v) is 15.1. The maximum Gasteiger partial charge on any atom is 0.242 e. The van der Waals surface area contributed by atoms with Crippen molar-refractivity contribution in [2.45, 2.75) is 26.6 Å². The largest absolute Gasteiger partial charge is 0.497 e. The summed E-state index contributed by atoms with van der Waals surface area (Å²) in [7, 11) is 1.60. The zero-order valence-electron chi connectivity index (χ0n) is 14.3. The monoisotopic (exact) mass is 355 g/mol. The summed E-state index contributed by atoms with van der Waals surface area (Å²) >= 11 is 5.09. The van der Waals surface area contributed by atoms with Gasteiger partial charge in [-0.1, -0.05) is 12.1 Å². The quantitative estimate of drug-likeness (QED) is 0.348. The summed E-state index contributed by atoms with van der Waals surface area (Å²) < 4.78 is 15.8. The van der Waals surface area contributed by atoms with Crippen LogP contribution in [-0.4, -0.2) is 44.2 Å². The van der Waals surface area contributed by atoms with Crippen molar-refractivity contribution in [3.8, 4) is 5.75 Å². The molecular formula is C16H25N3O4S. The van der Waals surface area contributed by atoms with E-state index in [4.69, 9.17) is 26.4 Å². The Bertz CT molecular complexity index is 505. The third kappa shape index (κ3) is 8.09. The number of methoxy groups -OCH3 is 1. The van der Waals surface area contributed by atoms with Gasteiger partial charge in [0.05, 0.1) is 20.1 Å². The summed E-state index contributed by atoms with van der Waals surface area (Å²) in [5.41, 5.74) is 6.07. The minimum atomic E-state index is -0.380.